The molecular weight excluding hydrogens is 591 g/mol. The van der Waals surface area contributed by atoms with Crippen molar-refractivity contribution in [3.05, 3.63) is 101 Å². The lowest BCUT2D eigenvalue weighted by Crippen LogP contribution is -2.42. The third kappa shape index (κ3) is 7.51. The second-order valence-electron chi connectivity index (χ2n) is 9.71. The summed E-state index contributed by atoms with van der Waals surface area (Å²) in [5.41, 5.74) is 13.8. The van der Waals surface area contributed by atoms with E-state index in [1.807, 2.05) is 42.5 Å². The fraction of sp³-hybridized carbons (Fsp3) is 0.200. The predicted octanol–water partition coefficient (Wildman–Crippen LogP) is 3.43. The number of ether oxygens (including phenoxy) is 2. The maximum Gasteiger partial charge on any atom is 0.433 e. The number of amides is 1. The normalized spacial score (nSPS) is 18.0. The SMILES string of the molecule is N=C(C(C=Nc1ccc(C(F)(F)F)nc1)=C(N)OC(N)=NC1N=C(c2ccccc2)c2ccccc2NC1=O)N1CCOCC1. The van der Waals surface area contributed by atoms with Crippen LogP contribution in [0.25, 0.3) is 0 Å². The van der Waals surface area contributed by atoms with E-state index in [0.29, 0.717) is 43.3 Å². The molecule has 1 unspecified atom stereocenters. The summed E-state index contributed by atoms with van der Waals surface area (Å²) in [4.78, 5) is 31.1. The van der Waals surface area contributed by atoms with Crippen molar-refractivity contribution >= 4 is 41.1 Å². The van der Waals surface area contributed by atoms with Crippen molar-refractivity contribution in [2.45, 2.75) is 12.3 Å². The molecule has 1 aromatic heterocycles. The van der Waals surface area contributed by atoms with Gasteiger partial charge < -0.3 is 31.2 Å². The number of nitrogens with one attached hydrogen (secondary N) is 2. The number of carbonyl (C=O) groups excluding carboxylic acids is 1. The van der Waals surface area contributed by atoms with Crippen LogP contribution in [0, 0.1) is 5.41 Å². The number of hydrogen-bond donors (Lipinski definition) is 4. The average molecular weight is 620 g/mol. The van der Waals surface area contributed by atoms with Crippen LogP contribution in [0.4, 0.5) is 24.5 Å². The van der Waals surface area contributed by atoms with Crippen molar-refractivity contribution in [1.29, 1.82) is 5.41 Å². The highest BCUT2D eigenvalue weighted by Crippen LogP contribution is 2.28. The first-order valence-electron chi connectivity index (χ1n) is 13.6. The Balaban J connectivity index is 1.46. The molecule has 45 heavy (non-hydrogen) atoms. The van der Waals surface area contributed by atoms with Crippen LogP contribution < -0.4 is 16.8 Å². The monoisotopic (exact) mass is 619 g/mol. The Morgan fingerprint density at radius 3 is 2.47 bits per heavy atom. The minimum atomic E-state index is -4.61. The first kappa shape index (κ1) is 30.9. The molecule has 15 heteroatoms. The van der Waals surface area contributed by atoms with Crippen molar-refractivity contribution in [2.75, 3.05) is 31.6 Å². The zero-order valence-electron chi connectivity index (χ0n) is 23.7. The summed E-state index contributed by atoms with van der Waals surface area (Å²) in [5.74, 6) is -1.06. The lowest BCUT2D eigenvalue weighted by molar-refractivity contribution is -0.141. The molecule has 232 valence electrons. The van der Waals surface area contributed by atoms with Gasteiger partial charge in [0.1, 0.15) is 11.5 Å². The molecule has 0 radical (unpaired) electrons. The molecule has 0 aliphatic carbocycles. The molecule has 3 aromatic rings. The molecule has 0 bridgehead atoms. The van der Waals surface area contributed by atoms with Gasteiger partial charge in [-0.05, 0) is 18.2 Å². The number of alkyl halides is 3. The minimum Gasteiger partial charge on any atom is -0.409 e. The molecular formula is C30H28F3N9O3. The van der Waals surface area contributed by atoms with Gasteiger partial charge in [0.25, 0.3) is 11.9 Å². The summed E-state index contributed by atoms with van der Waals surface area (Å²) < 4.78 is 49.7. The van der Waals surface area contributed by atoms with Crippen LogP contribution in [0.3, 0.4) is 0 Å². The third-order valence-electron chi connectivity index (χ3n) is 6.67. The molecule has 5 rings (SSSR count). The Hall–Kier alpha value is -5.57. The van der Waals surface area contributed by atoms with Crippen LogP contribution in [-0.2, 0) is 20.4 Å². The molecule has 2 aromatic carbocycles. The maximum absolute atomic E-state index is 13.1. The lowest BCUT2D eigenvalue weighted by Gasteiger charge is -2.29. The Morgan fingerprint density at radius 2 is 1.78 bits per heavy atom. The number of aliphatic imine (C=N–C) groups is 3. The molecule has 1 fully saturated rings. The maximum atomic E-state index is 13.1. The van der Waals surface area contributed by atoms with Crippen LogP contribution >= 0.6 is 0 Å². The summed E-state index contributed by atoms with van der Waals surface area (Å²) >= 11 is 0. The molecule has 1 saturated heterocycles. The second-order valence-corrected chi connectivity index (χ2v) is 9.71. The smallest absolute Gasteiger partial charge is 0.409 e. The zero-order chi connectivity index (χ0) is 32.0. The largest absolute Gasteiger partial charge is 0.433 e. The summed E-state index contributed by atoms with van der Waals surface area (Å²) in [5, 5.41) is 11.5. The number of aromatic nitrogens is 1. The van der Waals surface area contributed by atoms with Gasteiger partial charge in [-0.3, -0.25) is 15.2 Å². The molecule has 2 aliphatic heterocycles. The van der Waals surface area contributed by atoms with Crippen molar-refractivity contribution in [3.63, 3.8) is 0 Å². The van der Waals surface area contributed by atoms with E-state index in [1.165, 1.54) is 0 Å². The summed E-state index contributed by atoms with van der Waals surface area (Å²) in [6.07, 6.45) is -3.86. The van der Waals surface area contributed by atoms with E-state index in [9.17, 15) is 18.0 Å². The van der Waals surface area contributed by atoms with Gasteiger partial charge in [0.2, 0.25) is 12.0 Å². The second kappa shape index (κ2) is 13.4. The van der Waals surface area contributed by atoms with E-state index in [4.69, 9.17) is 26.4 Å². The highest BCUT2D eigenvalue weighted by atomic mass is 19.4. The van der Waals surface area contributed by atoms with E-state index in [-0.39, 0.29) is 23.0 Å². The number of pyridine rings is 1. The first-order chi connectivity index (χ1) is 21.6. The number of carbonyl (C=O) groups is 1. The van der Waals surface area contributed by atoms with Gasteiger partial charge in [-0.2, -0.15) is 18.2 Å². The number of para-hydroxylation sites is 1. The highest BCUT2D eigenvalue weighted by molar-refractivity contribution is 6.19. The number of morpholine rings is 1. The number of halogens is 3. The van der Waals surface area contributed by atoms with Crippen LogP contribution in [-0.4, -0.2) is 72.0 Å². The number of nitrogens with two attached hydrogens (primary N) is 2. The summed E-state index contributed by atoms with van der Waals surface area (Å²) in [6.45, 7) is 1.46. The molecule has 1 amide bonds. The molecule has 3 heterocycles. The standard InChI is InChI=1S/C30H28F3N9O3/c31-30(32,33)23-11-10-19(16-38-23)37-17-21(25(34)42-12-14-44-15-13-42)26(35)45-29(36)41-27-28(43)39-22-9-5-4-8-20(22)24(40-27)18-6-2-1-3-7-18/h1-11,16-17,27,34H,12-15,35H2,(H2,36,41)(H,39,43). The summed E-state index contributed by atoms with van der Waals surface area (Å²) in [6, 6.07) is 17.8. The number of benzodiazepines with no additional fused rings is 1. The number of hydrogen-bond acceptors (Lipinski definition) is 9. The Kier molecular flexibility index (Phi) is 9.18. The lowest BCUT2D eigenvalue weighted by atomic mass is 10.0. The molecule has 2 aliphatic rings. The van der Waals surface area contributed by atoms with Gasteiger partial charge >= 0.3 is 6.18 Å². The predicted molar refractivity (Wildman–Crippen MR) is 162 cm³/mol. The molecule has 0 saturated carbocycles. The molecule has 0 spiro atoms. The number of nitrogens with zero attached hydrogens (tertiary/aromatic N) is 5. The number of benzene rings is 2. The Labute approximate surface area is 255 Å². The Bertz CT molecular complexity index is 1680. The fourth-order valence-electron chi connectivity index (χ4n) is 4.44. The van der Waals surface area contributed by atoms with Gasteiger partial charge in [0, 0.05) is 30.4 Å². The number of amidine groups is 2. The van der Waals surface area contributed by atoms with Gasteiger partial charge in [0.15, 0.2) is 0 Å². The average Bonchev–Trinajstić information content (AvgIpc) is 3.17. The summed E-state index contributed by atoms with van der Waals surface area (Å²) in [7, 11) is 0. The van der Waals surface area contributed by atoms with Crippen LogP contribution in [0.5, 0.6) is 0 Å². The van der Waals surface area contributed by atoms with Crippen LogP contribution in [0.1, 0.15) is 16.8 Å². The van der Waals surface area contributed by atoms with Gasteiger partial charge in [-0.25, -0.2) is 9.98 Å². The van der Waals surface area contributed by atoms with E-state index < -0.39 is 30.0 Å². The van der Waals surface area contributed by atoms with Gasteiger partial charge in [-0.15, -0.1) is 0 Å². The van der Waals surface area contributed by atoms with Crippen molar-refractivity contribution < 1.29 is 27.4 Å². The van der Waals surface area contributed by atoms with E-state index in [1.54, 1.807) is 17.0 Å². The number of anilines is 1. The topological polar surface area (TPSA) is 177 Å². The minimum absolute atomic E-state index is 0.0406. The molecule has 6 N–H and O–H groups in total. The number of fused-ring (bicyclic) bond motifs is 1. The molecule has 12 nitrogen and oxygen atoms in total. The van der Waals surface area contributed by atoms with Crippen molar-refractivity contribution in [2.24, 2.45) is 26.4 Å². The highest BCUT2D eigenvalue weighted by Gasteiger charge is 2.32. The number of rotatable bonds is 6. The van der Waals surface area contributed by atoms with Crippen molar-refractivity contribution in [1.82, 2.24) is 9.88 Å². The van der Waals surface area contributed by atoms with E-state index >= 15 is 0 Å². The fourth-order valence-corrected chi connectivity index (χ4v) is 4.44. The first-order valence-corrected chi connectivity index (χ1v) is 13.6. The van der Waals surface area contributed by atoms with Crippen LogP contribution in [0.15, 0.2) is 99.4 Å². The van der Waals surface area contributed by atoms with Crippen LogP contribution in [0.2, 0.25) is 0 Å². The van der Waals surface area contributed by atoms with Gasteiger partial charge in [-0.1, -0.05) is 48.5 Å². The zero-order valence-corrected chi connectivity index (χ0v) is 23.7. The quantitative estimate of drug-likeness (QED) is 0.186. The van der Waals surface area contributed by atoms with E-state index in [0.717, 1.165) is 30.1 Å². The van der Waals surface area contributed by atoms with E-state index in [2.05, 4.69) is 25.3 Å². The van der Waals surface area contributed by atoms with Gasteiger partial charge in [0.05, 0.1) is 42.1 Å². The molecule has 1 atom stereocenters. The third-order valence-corrected chi connectivity index (χ3v) is 6.67. The Morgan fingerprint density at radius 1 is 1.07 bits per heavy atom. The van der Waals surface area contributed by atoms with Crippen molar-refractivity contribution in [3.8, 4) is 0 Å².